The highest BCUT2D eigenvalue weighted by Crippen LogP contribution is 2.27. The van der Waals surface area contributed by atoms with E-state index in [-0.39, 0.29) is 30.3 Å². The lowest BCUT2D eigenvalue weighted by atomic mass is 10.0. The molecule has 0 saturated carbocycles. The number of hydrogen-bond donors (Lipinski definition) is 1. The Morgan fingerprint density at radius 1 is 1.33 bits per heavy atom. The number of benzene rings is 1. The summed E-state index contributed by atoms with van der Waals surface area (Å²) in [6.07, 6.45) is 0.218. The number of thiophene rings is 1. The maximum atomic E-state index is 13.8. The van der Waals surface area contributed by atoms with E-state index in [0.29, 0.717) is 5.56 Å². The summed E-state index contributed by atoms with van der Waals surface area (Å²) in [5.74, 6) is -0.540. The van der Waals surface area contributed by atoms with Gasteiger partial charge in [-0.2, -0.15) is 0 Å². The SMILES string of the molecule is COC(=O)CC(NC(C)c1ccccc1F)c1cccs1. The topological polar surface area (TPSA) is 38.3 Å². The molecule has 0 amide bonds. The highest BCUT2D eigenvalue weighted by Gasteiger charge is 2.21. The molecule has 0 aliphatic heterocycles. The molecule has 1 aromatic heterocycles. The third-order valence-electron chi connectivity index (χ3n) is 3.31. The molecule has 0 fully saturated rings. The first-order chi connectivity index (χ1) is 10.1. The van der Waals surface area contributed by atoms with E-state index < -0.39 is 0 Å². The molecule has 1 aromatic carbocycles. The molecule has 21 heavy (non-hydrogen) atoms. The monoisotopic (exact) mass is 307 g/mol. The smallest absolute Gasteiger partial charge is 0.307 e. The fourth-order valence-electron chi connectivity index (χ4n) is 2.20. The van der Waals surface area contributed by atoms with E-state index in [0.717, 1.165) is 4.88 Å². The van der Waals surface area contributed by atoms with Gasteiger partial charge in [-0.25, -0.2) is 4.39 Å². The fourth-order valence-corrected chi connectivity index (χ4v) is 2.99. The molecule has 0 saturated heterocycles. The van der Waals surface area contributed by atoms with Crippen LogP contribution in [-0.4, -0.2) is 13.1 Å². The molecule has 5 heteroatoms. The zero-order valence-corrected chi connectivity index (χ0v) is 12.8. The Labute approximate surface area is 127 Å². The third kappa shape index (κ3) is 4.12. The van der Waals surface area contributed by atoms with E-state index in [2.05, 4.69) is 5.32 Å². The summed E-state index contributed by atoms with van der Waals surface area (Å²) in [6, 6.07) is 10.1. The molecular weight excluding hydrogens is 289 g/mol. The lowest BCUT2D eigenvalue weighted by Crippen LogP contribution is -2.27. The van der Waals surface area contributed by atoms with E-state index in [1.54, 1.807) is 29.5 Å². The number of nitrogens with one attached hydrogen (secondary N) is 1. The Bertz CT molecular complexity index is 586. The van der Waals surface area contributed by atoms with Crippen molar-refractivity contribution in [1.82, 2.24) is 5.32 Å². The van der Waals surface area contributed by atoms with Crippen LogP contribution in [-0.2, 0) is 9.53 Å². The summed E-state index contributed by atoms with van der Waals surface area (Å²) in [5.41, 5.74) is 0.587. The summed E-state index contributed by atoms with van der Waals surface area (Å²) in [5, 5.41) is 5.26. The van der Waals surface area contributed by atoms with Crippen LogP contribution in [0.15, 0.2) is 41.8 Å². The first kappa shape index (κ1) is 15.7. The highest BCUT2D eigenvalue weighted by atomic mass is 32.1. The molecule has 0 bridgehead atoms. The summed E-state index contributed by atoms with van der Waals surface area (Å²) < 4.78 is 18.6. The zero-order chi connectivity index (χ0) is 15.2. The second-order valence-electron chi connectivity index (χ2n) is 4.76. The molecule has 112 valence electrons. The van der Waals surface area contributed by atoms with Gasteiger partial charge < -0.3 is 10.1 Å². The van der Waals surface area contributed by atoms with Gasteiger partial charge in [0.25, 0.3) is 0 Å². The van der Waals surface area contributed by atoms with E-state index in [1.807, 2.05) is 24.4 Å². The number of hydrogen-bond acceptors (Lipinski definition) is 4. The molecule has 2 atom stereocenters. The Balaban J connectivity index is 2.15. The van der Waals surface area contributed by atoms with Gasteiger partial charge in [-0.05, 0) is 24.4 Å². The molecule has 0 radical (unpaired) electrons. The molecule has 0 aliphatic carbocycles. The normalized spacial score (nSPS) is 13.7. The Hall–Kier alpha value is -1.72. The van der Waals surface area contributed by atoms with E-state index in [9.17, 15) is 9.18 Å². The quantitative estimate of drug-likeness (QED) is 0.824. The number of carbonyl (C=O) groups excluding carboxylic acids is 1. The first-order valence-electron chi connectivity index (χ1n) is 6.72. The standard InChI is InChI=1S/C16H18FNO2S/c1-11(12-6-3-4-7-13(12)17)18-14(10-16(19)20-2)15-8-5-9-21-15/h3-9,11,14,18H,10H2,1-2H3. The second-order valence-corrected chi connectivity index (χ2v) is 5.74. The van der Waals surface area contributed by atoms with Crippen molar-refractivity contribution in [2.24, 2.45) is 0 Å². The Morgan fingerprint density at radius 3 is 2.71 bits per heavy atom. The maximum absolute atomic E-state index is 13.8. The minimum Gasteiger partial charge on any atom is -0.469 e. The largest absolute Gasteiger partial charge is 0.469 e. The van der Waals surface area contributed by atoms with Crippen molar-refractivity contribution < 1.29 is 13.9 Å². The lowest BCUT2D eigenvalue weighted by molar-refractivity contribution is -0.141. The van der Waals surface area contributed by atoms with Crippen molar-refractivity contribution in [2.75, 3.05) is 7.11 Å². The van der Waals surface area contributed by atoms with Crippen LogP contribution in [0, 0.1) is 5.82 Å². The molecule has 0 aliphatic rings. The predicted molar refractivity (Wildman–Crippen MR) is 81.6 cm³/mol. The Morgan fingerprint density at radius 2 is 2.10 bits per heavy atom. The number of carbonyl (C=O) groups is 1. The number of methoxy groups -OCH3 is 1. The van der Waals surface area contributed by atoms with Gasteiger partial charge in [-0.15, -0.1) is 11.3 Å². The van der Waals surface area contributed by atoms with E-state index in [4.69, 9.17) is 4.74 Å². The van der Waals surface area contributed by atoms with Gasteiger partial charge in [-0.3, -0.25) is 4.79 Å². The summed E-state index contributed by atoms with van der Waals surface area (Å²) >= 11 is 1.56. The summed E-state index contributed by atoms with van der Waals surface area (Å²) in [6.45, 7) is 1.89. The van der Waals surface area contributed by atoms with Crippen molar-refractivity contribution in [3.63, 3.8) is 0 Å². The van der Waals surface area contributed by atoms with Gasteiger partial charge in [0.05, 0.1) is 19.6 Å². The van der Waals surface area contributed by atoms with Crippen LogP contribution < -0.4 is 5.32 Å². The fraction of sp³-hybridized carbons (Fsp3) is 0.312. The van der Waals surface area contributed by atoms with E-state index in [1.165, 1.54) is 13.2 Å². The molecule has 1 N–H and O–H groups in total. The van der Waals surface area contributed by atoms with E-state index >= 15 is 0 Å². The number of ether oxygens (including phenoxy) is 1. The van der Waals surface area contributed by atoms with Crippen molar-refractivity contribution in [2.45, 2.75) is 25.4 Å². The van der Waals surface area contributed by atoms with Crippen LogP contribution in [0.3, 0.4) is 0 Å². The van der Waals surface area contributed by atoms with Crippen molar-refractivity contribution in [3.05, 3.63) is 58.0 Å². The minimum atomic E-state index is -0.290. The van der Waals surface area contributed by atoms with Crippen molar-refractivity contribution >= 4 is 17.3 Å². The molecule has 3 nitrogen and oxygen atoms in total. The number of esters is 1. The number of rotatable bonds is 6. The van der Waals surface area contributed by atoms with Crippen LogP contribution in [0.1, 0.15) is 35.9 Å². The lowest BCUT2D eigenvalue weighted by Gasteiger charge is -2.22. The molecule has 2 unspecified atom stereocenters. The maximum Gasteiger partial charge on any atom is 0.307 e. The van der Waals surface area contributed by atoms with Crippen LogP contribution >= 0.6 is 11.3 Å². The van der Waals surface area contributed by atoms with Crippen molar-refractivity contribution in [1.29, 1.82) is 0 Å². The third-order valence-corrected chi connectivity index (χ3v) is 4.29. The van der Waals surface area contributed by atoms with Gasteiger partial charge in [0.1, 0.15) is 5.82 Å². The van der Waals surface area contributed by atoms with Gasteiger partial charge in [-0.1, -0.05) is 24.3 Å². The first-order valence-corrected chi connectivity index (χ1v) is 7.60. The van der Waals surface area contributed by atoms with Crippen LogP contribution in [0.5, 0.6) is 0 Å². The summed E-state index contributed by atoms with van der Waals surface area (Å²) in [7, 11) is 1.37. The predicted octanol–water partition coefficient (Wildman–Crippen LogP) is 3.84. The van der Waals surface area contributed by atoms with Crippen molar-refractivity contribution in [3.8, 4) is 0 Å². The van der Waals surface area contributed by atoms with Gasteiger partial charge >= 0.3 is 5.97 Å². The van der Waals surface area contributed by atoms with Crippen LogP contribution in [0.25, 0.3) is 0 Å². The summed E-state index contributed by atoms with van der Waals surface area (Å²) in [4.78, 5) is 12.6. The molecule has 1 heterocycles. The molecule has 2 aromatic rings. The van der Waals surface area contributed by atoms with Gasteiger partial charge in [0.2, 0.25) is 0 Å². The van der Waals surface area contributed by atoms with Crippen LogP contribution in [0.2, 0.25) is 0 Å². The zero-order valence-electron chi connectivity index (χ0n) is 12.0. The number of halogens is 1. The minimum absolute atomic E-state index is 0.188. The van der Waals surface area contributed by atoms with Gasteiger partial charge in [0, 0.05) is 16.5 Å². The average molecular weight is 307 g/mol. The molecular formula is C16H18FNO2S. The van der Waals surface area contributed by atoms with Gasteiger partial charge in [0.15, 0.2) is 0 Å². The molecule has 2 rings (SSSR count). The Kier molecular flexibility index (Phi) is 5.47. The van der Waals surface area contributed by atoms with Crippen LogP contribution in [0.4, 0.5) is 4.39 Å². The second kappa shape index (κ2) is 7.33. The average Bonchev–Trinajstić information content (AvgIpc) is 3.01. The highest BCUT2D eigenvalue weighted by molar-refractivity contribution is 7.10. The molecule has 0 spiro atoms.